The number of hydrogen-bond donors (Lipinski definition) is 1. The number of aryl methyl sites for hydroxylation is 1. The Morgan fingerprint density at radius 3 is 2.68 bits per heavy atom. The molecule has 0 aliphatic heterocycles. The van der Waals surface area contributed by atoms with Gasteiger partial charge in [-0.1, -0.05) is 29.8 Å². The SMILES string of the molecule is Cc1ccc(NC(=O)c2ccc(-c3ccccc3Cl)o2)nc1. The van der Waals surface area contributed by atoms with Gasteiger partial charge in [-0.15, -0.1) is 0 Å². The van der Waals surface area contributed by atoms with E-state index in [2.05, 4.69) is 10.3 Å². The molecule has 0 bridgehead atoms. The van der Waals surface area contributed by atoms with Crippen molar-refractivity contribution in [3.63, 3.8) is 0 Å². The van der Waals surface area contributed by atoms with Gasteiger partial charge in [-0.25, -0.2) is 4.98 Å². The zero-order valence-electron chi connectivity index (χ0n) is 11.8. The molecular weight excluding hydrogens is 300 g/mol. The number of aromatic nitrogens is 1. The first-order chi connectivity index (χ1) is 10.6. The summed E-state index contributed by atoms with van der Waals surface area (Å²) in [6.45, 7) is 1.93. The number of nitrogens with zero attached hydrogens (tertiary/aromatic N) is 1. The lowest BCUT2D eigenvalue weighted by Gasteiger charge is -2.03. The second kappa shape index (κ2) is 6.03. The van der Waals surface area contributed by atoms with E-state index in [0.717, 1.165) is 11.1 Å². The zero-order chi connectivity index (χ0) is 15.5. The molecule has 1 aromatic carbocycles. The third kappa shape index (κ3) is 3.02. The fraction of sp³-hybridized carbons (Fsp3) is 0.0588. The number of furan rings is 1. The highest BCUT2D eigenvalue weighted by Gasteiger charge is 2.14. The molecule has 0 saturated carbocycles. The Balaban J connectivity index is 1.80. The summed E-state index contributed by atoms with van der Waals surface area (Å²) in [5.74, 6) is 0.880. The van der Waals surface area contributed by atoms with E-state index in [0.29, 0.717) is 16.6 Å². The van der Waals surface area contributed by atoms with Crippen molar-refractivity contribution in [1.29, 1.82) is 0 Å². The Morgan fingerprint density at radius 2 is 1.95 bits per heavy atom. The van der Waals surface area contributed by atoms with Gasteiger partial charge >= 0.3 is 0 Å². The van der Waals surface area contributed by atoms with E-state index in [1.165, 1.54) is 0 Å². The minimum atomic E-state index is -0.352. The number of benzene rings is 1. The maximum Gasteiger partial charge on any atom is 0.292 e. The Morgan fingerprint density at radius 1 is 1.14 bits per heavy atom. The average Bonchev–Trinajstić information content (AvgIpc) is 3.00. The highest BCUT2D eigenvalue weighted by Crippen LogP contribution is 2.29. The molecule has 0 aliphatic carbocycles. The van der Waals surface area contributed by atoms with Crippen molar-refractivity contribution in [2.45, 2.75) is 6.92 Å². The number of amides is 1. The fourth-order valence-corrected chi connectivity index (χ4v) is 2.21. The van der Waals surface area contributed by atoms with Crippen molar-refractivity contribution in [3.05, 3.63) is 71.1 Å². The van der Waals surface area contributed by atoms with E-state index >= 15 is 0 Å². The van der Waals surface area contributed by atoms with Crippen LogP contribution in [-0.2, 0) is 0 Å². The Hall–Kier alpha value is -2.59. The van der Waals surface area contributed by atoms with Crippen LogP contribution in [0.15, 0.2) is 59.1 Å². The van der Waals surface area contributed by atoms with E-state index in [-0.39, 0.29) is 11.7 Å². The molecule has 3 aromatic rings. The largest absolute Gasteiger partial charge is 0.451 e. The van der Waals surface area contributed by atoms with Crippen LogP contribution < -0.4 is 5.32 Å². The summed E-state index contributed by atoms with van der Waals surface area (Å²) in [6.07, 6.45) is 1.69. The molecule has 2 aromatic heterocycles. The maximum absolute atomic E-state index is 12.2. The lowest BCUT2D eigenvalue weighted by Crippen LogP contribution is -2.11. The number of rotatable bonds is 3. The molecule has 1 N–H and O–H groups in total. The molecular formula is C17H13ClN2O2. The predicted molar refractivity (Wildman–Crippen MR) is 86.1 cm³/mol. The van der Waals surface area contributed by atoms with Crippen molar-refractivity contribution in [2.24, 2.45) is 0 Å². The molecule has 0 unspecified atom stereocenters. The van der Waals surface area contributed by atoms with Crippen LogP contribution in [0.5, 0.6) is 0 Å². The van der Waals surface area contributed by atoms with Gasteiger partial charge in [0.05, 0.1) is 5.02 Å². The molecule has 2 heterocycles. The van der Waals surface area contributed by atoms with Crippen LogP contribution in [0.4, 0.5) is 5.82 Å². The molecule has 3 rings (SSSR count). The second-order valence-corrected chi connectivity index (χ2v) is 5.23. The van der Waals surface area contributed by atoms with Gasteiger partial charge in [-0.2, -0.15) is 0 Å². The molecule has 0 fully saturated rings. The Bertz CT molecular complexity index is 810. The van der Waals surface area contributed by atoms with Gasteiger partial charge in [-0.3, -0.25) is 4.79 Å². The van der Waals surface area contributed by atoms with Crippen molar-refractivity contribution < 1.29 is 9.21 Å². The van der Waals surface area contributed by atoms with E-state index in [4.69, 9.17) is 16.0 Å². The molecule has 22 heavy (non-hydrogen) atoms. The van der Waals surface area contributed by atoms with Gasteiger partial charge < -0.3 is 9.73 Å². The molecule has 5 heteroatoms. The van der Waals surface area contributed by atoms with Crippen molar-refractivity contribution in [3.8, 4) is 11.3 Å². The van der Waals surface area contributed by atoms with E-state index in [1.807, 2.05) is 31.2 Å². The number of hydrogen-bond acceptors (Lipinski definition) is 3. The Kier molecular flexibility index (Phi) is 3.94. The summed E-state index contributed by atoms with van der Waals surface area (Å²) < 4.78 is 5.58. The summed E-state index contributed by atoms with van der Waals surface area (Å²) in [6, 6.07) is 14.3. The van der Waals surface area contributed by atoms with Crippen LogP contribution in [0.2, 0.25) is 5.02 Å². The first-order valence-electron chi connectivity index (χ1n) is 6.72. The molecule has 0 radical (unpaired) electrons. The summed E-state index contributed by atoms with van der Waals surface area (Å²) in [5, 5.41) is 3.26. The van der Waals surface area contributed by atoms with Gasteiger partial charge in [0.25, 0.3) is 5.91 Å². The van der Waals surface area contributed by atoms with E-state index < -0.39 is 0 Å². The predicted octanol–water partition coefficient (Wildman–Crippen LogP) is 4.56. The highest BCUT2D eigenvalue weighted by atomic mass is 35.5. The lowest BCUT2D eigenvalue weighted by molar-refractivity contribution is 0.0997. The molecule has 4 nitrogen and oxygen atoms in total. The zero-order valence-corrected chi connectivity index (χ0v) is 12.6. The monoisotopic (exact) mass is 312 g/mol. The standard InChI is InChI=1S/C17H13ClN2O2/c1-11-6-9-16(19-10-11)20-17(21)15-8-7-14(22-15)12-4-2-3-5-13(12)18/h2-10H,1H3,(H,19,20,21). The van der Waals surface area contributed by atoms with Crippen LogP contribution in [0.25, 0.3) is 11.3 Å². The van der Waals surface area contributed by atoms with Gasteiger partial charge in [0.15, 0.2) is 5.76 Å². The van der Waals surface area contributed by atoms with Gasteiger partial charge in [0.2, 0.25) is 0 Å². The van der Waals surface area contributed by atoms with Crippen LogP contribution in [-0.4, -0.2) is 10.9 Å². The molecule has 0 aliphatic rings. The first kappa shape index (κ1) is 14.4. The summed E-state index contributed by atoms with van der Waals surface area (Å²) in [5.41, 5.74) is 1.77. The smallest absolute Gasteiger partial charge is 0.292 e. The maximum atomic E-state index is 12.2. The molecule has 110 valence electrons. The summed E-state index contributed by atoms with van der Waals surface area (Å²) in [7, 11) is 0. The number of pyridine rings is 1. The van der Waals surface area contributed by atoms with E-state index in [1.54, 1.807) is 30.5 Å². The average molecular weight is 313 g/mol. The Labute approximate surface area is 132 Å². The molecule has 0 atom stereocenters. The van der Waals surface area contributed by atoms with Crippen LogP contribution in [0.3, 0.4) is 0 Å². The lowest BCUT2D eigenvalue weighted by atomic mass is 10.2. The molecule has 0 spiro atoms. The van der Waals surface area contributed by atoms with Crippen LogP contribution in [0.1, 0.15) is 16.1 Å². The van der Waals surface area contributed by atoms with Crippen molar-refractivity contribution >= 4 is 23.3 Å². The second-order valence-electron chi connectivity index (χ2n) is 4.82. The van der Waals surface area contributed by atoms with Crippen molar-refractivity contribution in [2.75, 3.05) is 5.32 Å². The molecule has 1 amide bonds. The van der Waals surface area contributed by atoms with E-state index in [9.17, 15) is 4.79 Å². The van der Waals surface area contributed by atoms with Gasteiger partial charge in [0.1, 0.15) is 11.6 Å². The third-order valence-corrected chi connectivity index (χ3v) is 3.45. The number of nitrogens with one attached hydrogen (secondary N) is 1. The van der Waals surface area contributed by atoms with Crippen LogP contribution >= 0.6 is 11.6 Å². The third-order valence-electron chi connectivity index (χ3n) is 3.12. The normalized spacial score (nSPS) is 10.5. The fourth-order valence-electron chi connectivity index (χ4n) is 1.99. The highest BCUT2D eigenvalue weighted by molar-refractivity contribution is 6.33. The number of halogens is 1. The number of anilines is 1. The molecule has 0 saturated heterocycles. The number of carbonyl (C=O) groups excluding carboxylic acids is 1. The number of carbonyl (C=O) groups is 1. The van der Waals surface area contributed by atoms with Crippen molar-refractivity contribution in [1.82, 2.24) is 4.98 Å². The minimum Gasteiger partial charge on any atom is -0.451 e. The first-order valence-corrected chi connectivity index (χ1v) is 7.10. The van der Waals surface area contributed by atoms with Gasteiger partial charge in [0, 0.05) is 11.8 Å². The summed E-state index contributed by atoms with van der Waals surface area (Å²) in [4.78, 5) is 16.3. The minimum absolute atomic E-state index is 0.206. The van der Waals surface area contributed by atoms with Gasteiger partial charge in [-0.05, 0) is 42.8 Å². The summed E-state index contributed by atoms with van der Waals surface area (Å²) >= 11 is 6.12. The topological polar surface area (TPSA) is 55.1 Å². The van der Waals surface area contributed by atoms with Crippen LogP contribution in [0, 0.1) is 6.92 Å². The quantitative estimate of drug-likeness (QED) is 0.771.